The van der Waals surface area contributed by atoms with Crippen LogP contribution in [0.3, 0.4) is 0 Å². The van der Waals surface area contributed by atoms with Crippen LogP contribution in [0.25, 0.3) is 0 Å². The zero-order valence-electron chi connectivity index (χ0n) is 15.9. The van der Waals surface area contributed by atoms with Gasteiger partial charge >= 0.3 is 0 Å². The Morgan fingerprint density at radius 1 is 1.07 bits per heavy atom. The van der Waals surface area contributed by atoms with Crippen LogP contribution in [0.4, 0.5) is 5.69 Å². The Morgan fingerprint density at radius 2 is 1.68 bits per heavy atom. The van der Waals surface area contributed by atoms with E-state index in [4.69, 9.17) is 27.9 Å². The normalized spacial score (nSPS) is 13.5. The topological polar surface area (TPSA) is 75.7 Å². The molecule has 0 heterocycles. The van der Waals surface area contributed by atoms with E-state index in [0.29, 0.717) is 10.8 Å². The molecule has 0 fully saturated rings. The molecule has 0 unspecified atom stereocenters. The van der Waals surface area contributed by atoms with Crippen molar-refractivity contribution < 1.29 is 17.9 Å². The first kappa shape index (κ1) is 22.3. The number of rotatable bonds is 7. The molecular formula is C19H22Cl2N2O4S. The summed E-state index contributed by atoms with van der Waals surface area (Å²) in [6, 6.07) is 10.3. The van der Waals surface area contributed by atoms with Gasteiger partial charge in [0.05, 0.1) is 35.1 Å². The van der Waals surface area contributed by atoms with Gasteiger partial charge < -0.3 is 10.1 Å². The number of carbonyl (C=O) groups is 1. The summed E-state index contributed by atoms with van der Waals surface area (Å²) in [4.78, 5) is 12.8. The molecule has 2 aromatic carbocycles. The van der Waals surface area contributed by atoms with Gasteiger partial charge in [0.15, 0.2) is 0 Å². The highest BCUT2D eigenvalue weighted by atomic mass is 35.5. The molecule has 1 N–H and O–H groups in total. The SMILES string of the molecule is COc1ccc([C@@H](C)NC(=O)[C@@H](C)N(c2ccc(Cl)c(Cl)c2)S(C)(=O)=O)cc1. The molecule has 0 aliphatic heterocycles. The summed E-state index contributed by atoms with van der Waals surface area (Å²) in [6.07, 6.45) is 1.03. The third-order valence-corrected chi connectivity index (χ3v) is 6.20. The van der Waals surface area contributed by atoms with E-state index < -0.39 is 22.0 Å². The third-order valence-electron chi connectivity index (χ3n) is 4.22. The van der Waals surface area contributed by atoms with Crippen molar-refractivity contribution in [1.82, 2.24) is 5.32 Å². The summed E-state index contributed by atoms with van der Waals surface area (Å²) in [7, 11) is -2.17. The summed E-state index contributed by atoms with van der Waals surface area (Å²) in [6.45, 7) is 3.33. The fourth-order valence-electron chi connectivity index (χ4n) is 2.74. The van der Waals surface area contributed by atoms with E-state index in [9.17, 15) is 13.2 Å². The van der Waals surface area contributed by atoms with E-state index in [1.165, 1.54) is 25.1 Å². The Bertz CT molecular complexity index is 949. The summed E-state index contributed by atoms with van der Waals surface area (Å²) >= 11 is 11.9. The highest BCUT2D eigenvalue weighted by Crippen LogP contribution is 2.30. The quantitative estimate of drug-likeness (QED) is 0.698. The number of nitrogens with zero attached hydrogens (tertiary/aromatic N) is 1. The molecular weight excluding hydrogens is 423 g/mol. The van der Waals surface area contributed by atoms with Crippen molar-refractivity contribution in [3.8, 4) is 5.75 Å². The highest BCUT2D eigenvalue weighted by molar-refractivity contribution is 7.92. The van der Waals surface area contributed by atoms with Crippen molar-refractivity contribution in [3.05, 3.63) is 58.1 Å². The second-order valence-electron chi connectivity index (χ2n) is 6.34. The van der Waals surface area contributed by atoms with Crippen molar-refractivity contribution in [1.29, 1.82) is 0 Å². The van der Waals surface area contributed by atoms with Crippen molar-refractivity contribution in [2.45, 2.75) is 25.9 Å². The van der Waals surface area contributed by atoms with Crippen LogP contribution in [0, 0.1) is 0 Å². The molecule has 0 spiro atoms. The Labute approximate surface area is 175 Å². The van der Waals surface area contributed by atoms with Gasteiger partial charge in [0.2, 0.25) is 15.9 Å². The lowest BCUT2D eigenvalue weighted by Gasteiger charge is -2.29. The van der Waals surface area contributed by atoms with Crippen LogP contribution in [0.15, 0.2) is 42.5 Å². The molecule has 0 aromatic heterocycles. The van der Waals surface area contributed by atoms with Gasteiger partial charge in [0.25, 0.3) is 0 Å². The monoisotopic (exact) mass is 444 g/mol. The maximum Gasteiger partial charge on any atom is 0.244 e. The van der Waals surface area contributed by atoms with Gasteiger partial charge in [0, 0.05) is 0 Å². The van der Waals surface area contributed by atoms with Gasteiger partial charge in [-0.15, -0.1) is 0 Å². The second-order valence-corrected chi connectivity index (χ2v) is 9.01. The minimum atomic E-state index is -3.75. The van der Waals surface area contributed by atoms with E-state index in [0.717, 1.165) is 16.1 Å². The van der Waals surface area contributed by atoms with E-state index >= 15 is 0 Å². The predicted molar refractivity (Wildman–Crippen MR) is 113 cm³/mol. The average molecular weight is 445 g/mol. The summed E-state index contributed by atoms with van der Waals surface area (Å²) in [5, 5.41) is 3.33. The molecule has 0 aliphatic rings. The van der Waals surface area contributed by atoms with Crippen LogP contribution in [-0.4, -0.2) is 33.7 Å². The minimum absolute atomic E-state index is 0.201. The maximum absolute atomic E-state index is 12.8. The van der Waals surface area contributed by atoms with Crippen molar-refractivity contribution in [2.75, 3.05) is 17.7 Å². The van der Waals surface area contributed by atoms with E-state index in [1.807, 2.05) is 19.1 Å². The van der Waals surface area contributed by atoms with Crippen molar-refractivity contribution in [2.24, 2.45) is 0 Å². The van der Waals surface area contributed by atoms with Crippen LogP contribution < -0.4 is 14.4 Å². The zero-order valence-corrected chi connectivity index (χ0v) is 18.3. The molecule has 2 atom stereocenters. The molecule has 2 aromatic rings. The Morgan fingerprint density at radius 3 is 2.18 bits per heavy atom. The number of hydrogen-bond donors (Lipinski definition) is 1. The third kappa shape index (κ3) is 5.31. The number of hydrogen-bond acceptors (Lipinski definition) is 4. The van der Waals surface area contributed by atoms with Crippen LogP contribution in [-0.2, 0) is 14.8 Å². The maximum atomic E-state index is 12.8. The number of benzene rings is 2. The fourth-order valence-corrected chi connectivity index (χ4v) is 4.20. The molecule has 152 valence electrons. The number of ether oxygens (including phenoxy) is 1. The van der Waals surface area contributed by atoms with E-state index in [1.54, 1.807) is 19.2 Å². The van der Waals surface area contributed by atoms with Crippen molar-refractivity contribution in [3.63, 3.8) is 0 Å². The lowest BCUT2D eigenvalue weighted by atomic mass is 10.1. The molecule has 0 saturated heterocycles. The fraction of sp³-hybridized carbons (Fsp3) is 0.316. The Kier molecular flexibility index (Phi) is 7.20. The van der Waals surface area contributed by atoms with Crippen LogP contribution in [0.2, 0.25) is 10.0 Å². The molecule has 0 radical (unpaired) electrons. The van der Waals surface area contributed by atoms with Crippen LogP contribution >= 0.6 is 23.2 Å². The molecule has 0 saturated carbocycles. The minimum Gasteiger partial charge on any atom is -0.497 e. The first-order valence-electron chi connectivity index (χ1n) is 8.43. The number of nitrogens with one attached hydrogen (secondary N) is 1. The number of anilines is 1. The van der Waals surface area contributed by atoms with Gasteiger partial charge in [-0.25, -0.2) is 8.42 Å². The highest BCUT2D eigenvalue weighted by Gasteiger charge is 2.30. The summed E-state index contributed by atoms with van der Waals surface area (Å²) in [5.41, 5.74) is 1.12. The smallest absolute Gasteiger partial charge is 0.244 e. The molecule has 9 heteroatoms. The lowest BCUT2D eigenvalue weighted by molar-refractivity contribution is -0.122. The number of halogens is 2. The largest absolute Gasteiger partial charge is 0.497 e. The van der Waals surface area contributed by atoms with Crippen molar-refractivity contribution >= 4 is 44.8 Å². The molecule has 28 heavy (non-hydrogen) atoms. The van der Waals surface area contributed by atoms with Gasteiger partial charge in [-0.1, -0.05) is 35.3 Å². The molecule has 0 aliphatic carbocycles. The number of methoxy groups -OCH3 is 1. The van der Waals surface area contributed by atoms with Gasteiger partial charge in [0.1, 0.15) is 11.8 Å². The number of sulfonamides is 1. The van der Waals surface area contributed by atoms with Crippen LogP contribution in [0.1, 0.15) is 25.5 Å². The molecule has 2 rings (SSSR count). The van der Waals surface area contributed by atoms with E-state index in [-0.39, 0.29) is 16.8 Å². The molecule has 1 amide bonds. The van der Waals surface area contributed by atoms with E-state index in [2.05, 4.69) is 5.32 Å². The first-order valence-corrected chi connectivity index (χ1v) is 11.0. The summed E-state index contributed by atoms with van der Waals surface area (Å²) < 4.78 is 30.9. The van der Waals surface area contributed by atoms with Crippen LogP contribution in [0.5, 0.6) is 5.75 Å². The summed E-state index contributed by atoms with van der Waals surface area (Å²) in [5.74, 6) is 0.262. The second kappa shape index (κ2) is 9.03. The molecule has 6 nitrogen and oxygen atoms in total. The standard InChI is InChI=1S/C19H22Cl2N2O4S/c1-12(14-5-8-16(27-3)9-6-14)22-19(24)13(2)23(28(4,25)26)15-7-10-17(20)18(21)11-15/h5-13H,1-4H3,(H,22,24)/t12-,13-/m1/s1. The van der Waals surface area contributed by atoms with Gasteiger partial charge in [-0.2, -0.15) is 0 Å². The first-order chi connectivity index (χ1) is 13.0. The zero-order chi connectivity index (χ0) is 21.1. The lowest BCUT2D eigenvalue weighted by Crippen LogP contribution is -2.48. The Hall–Kier alpha value is -1.96. The van der Waals surface area contributed by atoms with Gasteiger partial charge in [-0.05, 0) is 49.7 Å². The Balaban J connectivity index is 2.24. The molecule has 0 bridgehead atoms. The average Bonchev–Trinajstić information content (AvgIpc) is 2.63. The number of amides is 1. The van der Waals surface area contributed by atoms with Gasteiger partial charge in [-0.3, -0.25) is 9.10 Å². The number of carbonyl (C=O) groups excluding carboxylic acids is 1. The predicted octanol–water partition coefficient (Wildman–Crippen LogP) is 4.03.